The van der Waals surface area contributed by atoms with Crippen LogP contribution in [0.25, 0.3) is 17.0 Å². The van der Waals surface area contributed by atoms with Crippen LogP contribution in [0.1, 0.15) is 12.0 Å². The maximum atomic E-state index is 13.1. The van der Waals surface area contributed by atoms with Gasteiger partial charge in [0.05, 0.1) is 17.2 Å². The van der Waals surface area contributed by atoms with Crippen molar-refractivity contribution in [2.45, 2.75) is 13.0 Å². The third-order valence-corrected chi connectivity index (χ3v) is 6.66. The second kappa shape index (κ2) is 9.79. The van der Waals surface area contributed by atoms with E-state index < -0.39 is 0 Å². The fourth-order valence-electron chi connectivity index (χ4n) is 3.94. The van der Waals surface area contributed by atoms with Crippen molar-refractivity contribution in [1.29, 1.82) is 0 Å². The molecular formula is C27H21ClN2O3S. The number of anilines is 1. The normalized spacial score (nSPS) is 15.0. The zero-order valence-corrected chi connectivity index (χ0v) is 19.8. The lowest BCUT2D eigenvalue weighted by Gasteiger charge is -2.12. The Bertz CT molecular complexity index is 1380. The molecule has 5 rings (SSSR count). The third-order valence-electron chi connectivity index (χ3n) is 5.54. The highest BCUT2D eigenvalue weighted by molar-refractivity contribution is 8.19. The second-order valence-electron chi connectivity index (χ2n) is 7.80. The molecule has 170 valence electrons. The van der Waals surface area contributed by atoms with Gasteiger partial charge in [0.2, 0.25) is 0 Å². The molecule has 0 radical (unpaired) electrons. The van der Waals surface area contributed by atoms with Gasteiger partial charge in [-0.05, 0) is 66.7 Å². The first kappa shape index (κ1) is 22.3. The fraction of sp³-hybridized carbons (Fsp3) is 0.111. The van der Waals surface area contributed by atoms with E-state index in [0.29, 0.717) is 22.2 Å². The zero-order valence-electron chi connectivity index (χ0n) is 18.2. The first-order valence-electron chi connectivity index (χ1n) is 10.9. The number of aromatic nitrogens is 1. The first-order chi connectivity index (χ1) is 16.6. The molecule has 0 saturated carbocycles. The van der Waals surface area contributed by atoms with Crippen LogP contribution in [0, 0.1) is 0 Å². The Morgan fingerprint density at radius 2 is 1.65 bits per heavy atom. The van der Waals surface area contributed by atoms with Gasteiger partial charge in [0.1, 0.15) is 5.75 Å². The van der Waals surface area contributed by atoms with E-state index in [1.807, 2.05) is 54.7 Å². The highest BCUT2D eigenvalue weighted by Gasteiger charge is 2.36. The van der Waals surface area contributed by atoms with Crippen LogP contribution >= 0.6 is 23.4 Å². The van der Waals surface area contributed by atoms with Gasteiger partial charge in [-0.3, -0.25) is 9.59 Å². The highest BCUT2D eigenvalue weighted by Crippen LogP contribution is 2.37. The number of thioether (sulfide) groups is 1. The lowest BCUT2D eigenvalue weighted by Crippen LogP contribution is -2.27. The minimum atomic E-state index is -0.328. The Kier molecular flexibility index (Phi) is 6.43. The molecule has 1 saturated heterocycles. The van der Waals surface area contributed by atoms with Crippen LogP contribution in [0.15, 0.2) is 90.0 Å². The van der Waals surface area contributed by atoms with Crippen molar-refractivity contribution in [3.05, 3.63) is 101 Å². The lowest BCUT2D eigenvalue weighted by atomic mass is 10.1. The fourth-order valence-corrected chi connectivity index (χ4v) is 4.90. The molecule has 5 nitrogen and oxygen atoms in total. The number of benzene rings is 3. The standard InChI is InChI=1S/C27H21ClN2O3S/c28-20-11-13-21(14-12-20)30-26(31)25(34-27(30)32)17-19-18-29(24-10-5-4-9-23(19)24)15-6-16-33-22-7-2-1-3-8-22/h1-5,7-14,17-18H,6,15-16H2/b25-17-. The molecule has 0 unspecified atom stereocenters. The van der Waals surface area contributed by atoms with Gasteiger partial charge in [-0.15, -0.1) is 0 Å². The van der Waals surface area contributed by atoms with Crippen LogP contribution < -0.4 is 9.64 Å². The Balaban J connectivity index is 1.36. The Labute approximate surface area is 206 Å². The van der Waals surface area contributed by atoms with Gasteiger partial charge in [-0.2, -0.15) is 0 Å². The number of para-hydroxylation sites is 2. The van der Waals surface area contributed by atoms with Crippen molar-refractivity contribution in [2.24, 2.45) is 0 Å². The number of imide groups is 1. The molecule has 1 aromatic heterocycles. The quantitative estimate of drug-likeness (QED) is 0.207. The number of halogens is 1. The van der Waals surface area contributed by atoms with Gasteiger partial charge in [0.25, 0.3) is 11.1 Å². The first-order valence-corrected chi connectivity index (χ1v) is 12.1. The van der Waals surface area contributed by atoms with Gasteiger partial charge < -0.3 is 9.30 Å². The molecule has 4 aromatic rings. The summed E-state index contributed by atoms with van der Waals surface area (Å²) >= 11 is 6.90. The zero-order chi connectivity index (χ0) is 23.5. The molecule has 0 atom stereocenters. The largest absolute Gasteiger partial charge is 0.494 e. The predicted molar refractivity (Wildman–Crippen MR) is 138 cm³/mol. The maximum Gasteiger partial charge on any atom is 0.298 e. The molecule has 1 aliphatic heterocycles. The summed E-state index contributed by atoms with van der Waals surface area (Å²) in [5.74, 6) is 0.530. The molecular weight excluding hydrogens is 468 g/mol. The minimum absolute atomic E-state index is 0.319. The lowest BCUT2D eigenvalue weighted by molar-refractivity contribution is -0.113. The topological polar surface area (TPSA) is 51.5 Å². The van der Waals surface area contributed by atoms with E-state index in [1.165, 1.54) is 4.90 Å². The number of fused-ring (bicyclic) bond motifs is 1. The average Bonchev–Trinajstić information content (AvgIpc) is 3.34. The molecule has 0 spiro atoms. The van der Waals surface area contributed by atoms with Crippen LogP contribution in [0.2, 0.25) is 5.02 Å². The van der Waals surface area contributed by atoms with Crippen molar-refractivity contribution in [1.82, 2.24) is 4.57 Å². The van der Waals surface area contributed by atoms with E-state index in [-0.39, 0.29) is 11.1 Å². The summed E-state index contributed by atoms with van der Waals surface area (Å²) in [5.41, 5.74) is 2.49. The number of hydrogen-bond acceptors (Lipinski definition) is 4. The summed E-state index contributed by atoms with van der Waals surface area (Å²) in [4.78, 5) is 27.2. The van der Waals surface area contributed by atoms with Crippen molar-refractivity contribution in [2.75, 3.05) is 11.5 Å². The average molecular weight is 489 g/mol. The van der Waals surface area contributed by atoms with Crippen LogP contribution in [0.3, 0.4) is 0 Å². The number of amides is 2. The van der Waals surface area contributed by atoms with Gasteiger partial charge in [0.15, 0.2) is 0 Å². The number of nitrogens with zero attached hydrogens (tertiary/aromatic N) is 2. The SMILES string of the molecule is O=C1S/C(=C\c2cn(CCCOc3ccccc3)c3ccccc23)C(=O)N1c1ccc(Cl)cc1. The highest BCUT2D eigenvalue weighted by atomic mass is 35.5. The van der Waals surface area contributed by atoms with E-state index in [2.05, 4.69) is 10.6 Å². The summed E-state index contributed by atoms with van der Waals surface area (Å²) < 4.78 is 7.98. The Hall–Kier alpha value is -3.48. The molecule has 3 aromatic carbocycles. The van der Waals surface area contributed by atoms with E-state index in [4.69, 9.17) is 16.3 Å². The summed E-state index contributed by atoms with van der Waals surface area (Å²) in [6.07, 6.45) is 4.67. The number of aryl methyl sites for hydroxylation is 1. The van der Waals surface area contributed by atoms with Gasteiger partial charge >= 0.3 is 0 Å². The molecule has 1 fully saturated rings. The van der Waals surface area contributed by atoms with Crippen molar-refractivity contribution in [3.8, 4) is 5.75 Å². The van der Waals surface area contributed by atoms with E-state index in [1.54, 1.807) is 30.3 Å². The molecule has 1 aliphatic rings. The smallest absolute Gasteiger partial charge is 0.298 e. The second-order valence-corrected chi connectivity index (χ2v) is 9.23. The molecule has 34 heavy (non-hydrogen) atoms. The number of ether oxygens (including phenoxy) is 1. The molecule has 0 aliphatic carbocycles. The Morgan fingerprint density at radius 1 is 0.912 bits per heavy atom. The van der Waals surface area contributed by atoms with Crippen molar-refractivity contribution < 1.29 is 14.3 Å². The molecule has 0 bridgehead atoms. The van der Waals surface area contributed by atoms with Crippen LogP contribution in [-0.2, 0) is 11.3 Å². The van der Waals surface area contributed by atoms with Gasteiger partial charge in [0, 0.05) is 34.2 Å². The van der Waals surface area contributed by atoms with Crippen molar-refractivity contribution >= 4 is 57.2 Å². The maximum absolute atomic E-state index is 13.1. The summed E-state index contributed by atoms with van der Waals surface area (Å²) in [7, 11) is 0. The number of carbonyl (C=O) groups excluding carboxylic acids is 2. The summed E-state index contributed by atoms with van der Waals surface area (Å²) in [6.45, 7) is 1.37. The van der Waals surface area contributed by atoms with E-state index in [9.17, 15) is 9.59 Å². The molecule has 2 heterocycles. The van der Waals surface area contributed by atoms with Gasteiger partial charge in [-0.1, -0.05) is 48.0 Å². The summed E-state index contributed by atoms with van der Waals surface area (Å²) in [5, 5.41) is 1.26. The predicted octanol–water partition coefficient (Wildman–Crippen LogP) is 7.00. The monoisotopic (exact) mass is 488 g/mol. The van der Waals surface area contributed by atoms with Crippen LogP contribution in [0.4, 0.5) is 10.5 Å². The number of hydrogen-bond donors (Lipinski definition) is 0. The van der Waals surface area contributed by atoms with Crippen LogP contribution in [0.5, 0.6) is 5.75 Å². The summed E-state index contributed by atoms with van der Waals surface area (Å²) in [6, 6.07) is 24.5. The minimum Gasteiger partial charge on any atom is -0.494 e. The van der Waals surface area contributed by atoms with E-state index in [0.717, 1.165) is 46.9 Å². The van der Waals surface area contributed by atoms with Crippen LogP contribution in [-0.4, -0.2) is 22.3 Å². The van der Waals surface area contributed by atoms with Gasteiger partial charge in [-0.25, -0.2) is 4.90 Å². The molecule has 2 amide bonds. The van der Waals surface area contributed by atoms with Crippen molar-refractivity contribution in [3.63, 3.8) is 0 Å². The Morgan fingerprint density at radius 3 is 2.44 bits per heavy atom. The molecule has 0 N–H and O–H groups in total. The molecule has 7 heteroatoms. The number of rotatable bonds is 7. The number of carbonyl (C=O) groups is 2. The third kappa shape index (κ3) is 4.60. The van der Waals surface area contributed by atoms with E-state index >= 15 is 0 Å².